The molecule has 4 heterocycles. The largest absolute Gasteiger partial charge is 0.342 e. The second-order valence-electron chi connectivity index (χ2n) is 6.90. The highest BCUT2D eigenvalue weighted by molar-refractivity contribution is 6.28. The van der Waals surface area contributed by atoms with Crippen LogP contribution in [0.3, 0.4) is 0 Å². The molecule has 0 unspecified atom stereocenters. The van der Waals surface area contributed by atoms with E-state index in [4.69, 9.17) is 16.9 Å². The van der Waals surface area contributed by atoms with Gasteiger partial charge < -0.3 is 14.4 Å². The molecule has 4 rings (SSSR count). The molecule has 0 atom stereocenters. The van der Waals surface area contributed by atoms with Crippen LogP contribution < -0.4 is 4.90 Å². The zero-order chi connectivity index (χ0) is 20.1. The highest BCUT2D eigenvalue weighted by Gasteiger charge is 2.47. The zero-order valence-electron chi connectivity index (χ0n) is 15.0. The predicted molar refractivity (Wildman–Crippen MR) is 95.2 cm³/mol. The van der Waals surface area contributed by atoms with Crippen LogP contribution in [0, 0.1) is 11.3 Å². The molecule has 1 saturated heterocycles. The van der Waals surface area contributed by atoms with Crippen molar-refractivity contribution in [3.63, 3.8) is 0 Å². The Morgan fingerprint density at radius 1 is 1.36 bits per heavy atom. The predicted octanol–water partition coefficient (Wildman–Crippen LogP) is 1.58. The lowest BCUT2D eigenvalue weighted by Gasteiger charge is -2.38. The molecular weight excluding hydrogens is 392 g/mol. The van der Waals surface area contributed by atoms with Gasteiger partial charge in [0.15, 0.2) is 0 Å². The van der Waals surface area contributed by atoms with E-state index < -0.39 is 24.9 Å². The van der Waals surface area contributed by atoms with Crippen LogP contribution in [-0.2, 0) is 26.4 Å². The number of nitriles is 1. The van der Waals surface area contributed by atoms with Crippen molar-refractivity contribution in [2.45, 2.75) is 25.3 Å². The number of hydrogen-bond donors (Lipinski definition) is 0. The number of carbonyl (C=O) groups is 1. The molecule has 28 heavy (non-hydrogen) atoms. The van der Waals surface area contributed by atoms with Gasteiger partial charge in [0.2, 0.25) is 11.2 Å². The van der Waals surface area contributed by atoms with Gasteiger partial charge in [0.1, 0.15) is 11.5 Å². The fourth-order valence-electron chi connectivity index (χ4n) is 3.51. The second-order valence-corrected chi connectivity index (χ2v) is 7.24. The van der Waals surface area contributed by atoms with Crippen LogP contribution in [0.25, 0.3) is 0 Å². The molecule has 0 saturated carbocycles. The number of fused-ring (bicyclic) bond motifs is 1. The molecule has 146 valence electrons. The molecule has 8 nitrogen and oxygen atoms in total. The van der Waals surface area contributed by atoms with E-state index in [1.54, 1.807) is 17.7 Å². The average molecular weight is 408 g/mol. The first-order chi connectivity index (χ1) is 13.3. The molecule has 0 N–H and O–H groups in total. The number of rotatable bonds is 3. The maximum atomic E-state index is 13.1. The molecule has 11 heteroatoms. The van der Waals surface area contributed by atoms with Crippen LogP contribution in [0.1, 0.15) is 27.6 Å². The number of carbonyl (C=O) groups excluding carboxylic acids is 1. The Morgan fingerprint density at radius 3 is 2.79 bits per heavy atom. The van der Waals surface area contributed by atoms with Gasteiger partial charge in [0, 0.05) is 19.3 Å². The normalized spacial score (nSPS) is 17.7. The van der Waals surface area contributed by atoms with Crippen molar-refractivity contribution < 1.29 is 13.6 Å². The van der Waals surface area contributed by atoms with E-state index in [0.717, 1.165) is 16.2 Å². The topological polar surface area (TPSA) is 90.9 Å². The van der Waals surface area contributed by atoms with E-state index in [9.17, 15) is 13.6 Å². The highest BCUT2D eigenvalue weighted by Crippen LogP contribution is 2.30. The number of aromatic nitrogens is 4. The number of anilines is 1. The molecule has 0 bridgehead atoms. The zero-order valence-corrected chi connectivity index (χ0v) is 15.7. The van der Waals surface area contributed by atoms with Crippen molar-refractivity contribution in [1.29, 1.82) is 5.26 Å². The summed E-state index contributed by atoms with van der Waals surface area (Å²) in [5.41, 5.74) is 2.27. The van der Waals surface area contributed by atoms with E-state index in [0.29, 0.717) is 37.0 Å². The Labute approximate surface area is 164 Å². The summed E-state index contributed by atoms with van der Waals surface area (Å²) in [6.45, 7) is -0.0575. The summed E-state index contributed by atoms with van der Waals surface area (Å²) in [4.78, 5) is 27.9. The molecule has 2 aromatic heterocycles. The molecule has 0 aliphatic carbocycles. The lowest BCUT2D eigenvalue weighted by molar-refractivity contribution is -0.113. The summed E-state index contributed by atoms with van der Waals surface area (Å²) in [6.07, 6.45) is 0.668. The second kappa shape index (κ2) is 6.67. The smallest absolute Gasteiger partial charge is 0.282 e. The van der Waals surface area contributed by atoms with Gasteiger partial charge in [-0.15, -0.1) is 0 Å². The molecule has 1 amide bonds. The van der Waals surface area contributed by atoms with E-state index in [-0.39, 0.29) is 11.7 Å². The van der Waals surface area contributed by atoms with Gasteiger partial charge in [0.25, 0.3) is 11.8 Å². The van der Waals surface area contributed by atoms with Gasteiger partial charge >= 0.3 is 0 Å². The van der Waals surface area contributed by atoms with E-state index >= 15 is 0 Å². The van der Waals surface area contributed by atoms with Gasteiger partial charge in [-0.2, -0.15) is 15.2 Å². The van der Waals surface area contributed by atoms with Crippen molar-refractivity contribution in [3.05, 3.63) is 34.1 Å². The van der Waals surface area contributed by atoms with Gasteiger partial charge in [-0.05, 0) is 29.7 Å². The lowest BCUT2D eigenvalue weighted by atomic mass is 10.1. The van der Waals surface area contributed by atoms with Crippen LogP contribution in [0.4, 0.5) is 14.7 Å². The Morgan fingerprint density at radius 2 is 2.11 bits per heavy atom. The number of hydrogen-bond acceptors (Lipinski definition) is 6. The molecule has 2 aromatic rings. The molecule has 0 spiro atoms. The van der Waals surface area contributed by atoms with Crippen molar-refractivity contribution in [3.8, 4) is 6.07 Å². The Kier molecular flexibility index (Phi) is 4.42. The minimum atomic E-state index is -2.80. The van der Waals surface area contributed by atoms with Crippen molar-refractivity contribution >= 4 is 23.5 Å². The van der Waals surface area contributed by atoms with E-state index in [2.05, 4.69) is 15.0 Å². The molecule has 0 radical (unpaired) electrons. The molecule has 0 aromatic carbocycles. The Hall–Kier alpha value is -2.80. The van der Waals surface area contributed by atoms with Gasteiger partial charge in [-0.3, -0.25) is 4.79 Å². The standard InChI is InChI=1S/C17H16ClF2N7O/c1-25-11(14(28)27-8-17(19,20)9-27)6-10-3-5-26(7-12(10)25)16-23-13(2-4-21)22-15(18)24-16/h6H,2-3,5,7-9H2,1H3. The summed E-state index contributed by atoms with van der Waals surface area (Å²) in [5, 5.41) is 8.86. The van der Waals surface area contributed by atoms with Crippen molar-refractivity contribution in [1.82, 2.24) is 24.4 Å². The van der Waals surface area contributed by atoms with Gasteiger partial charge in [-0.1, -0.05) is 0 Å². The van der Waals surface area contributed by atoms with Gasteiger partial charge in [-0.25, -0.2) is 13.8 Å². The molecule has 1 fully saturated rings. The van der Waals surface area contributed by atoms with E-state index in [1.807, 2.05) is 11.0 Å². The Balaban J connectivity index is 1.57. The third-order valence-electron chi connectivity index (χ3n) is 4.95. The van der Waals surface area contributed by atoms with Crippen LogP contribution in [0.5, 0.6) is 0 Å². The van der Waals surface area contributed by atoms with Crippen LogP contribution in [0.2, 0.25) is 5.28 Å². The first kappa shape index (κ1) is 18.6. The average Bonchev–Trinajstić information content (AvgIpc) is 2.95. The maximum absolute atomic E-state index is 13.1. The number of alkyl halides is 2. The van der Waals surface area contributed by atoms with Crippen molar-refractivity contribution in [2.24, 2.45) is 7.05 Å². The summed E-state index contributed by atoms with van der Waals surface area (Å²) < 4.78 is 27.9. The first-order valence-electron chi connectivity index (χ1n) is 8.64. The fourth-order valence-corrected chi connectivity index (χ4v) is 3.68. The summed E-state index contributed by atoms with van der Waals surface area (Å²) in [5.74, 6) is -2.53. The molecular formula is C17H16ClF2N7O. The number of halogens is 3. The van der Waals surface area contributed by atoms with Crippen molar-refractivity contribution in [2.75, 3.05) is 24.5 Å². The molecule has 2 aliphatic heterocycles. The third-order valence-corrected chi connectivity index (χ3v) is 5.12. The fraction of sp³-hybridized carbons (Fsp3) is 0.471. The first-order valence-corrected chi connectivity index (χ1v) is 9.02. The minimum absolute atomic E-state index is 0.0162. The minimum Gasteiger partial charge on any atom is -0.342 e. The number of likely N-dealkylation sites (tertiary alicyclic amines) is 1. The van der Waals surface area contributed by atoms with Gasteiger partial charge in [0.05, 0.1) is 32.1 Å². The van der Waals surface area contributed by atoms with E-state index in [1.165, 1.54) is 0 Å². The number of nitrogens with zero attached hydrogens (tertiary/aromatic N) is 7. The van der Waals surface area contributed by atoms with Crippen LogP contribution in [-0.4, -0.2) is 55.9 Å². The maximum Gasteiger partial charge on any atom is 0.282 e. The highest BCUT2D eigenvalue weighted by atomic mass is 35.5. The summed E-state index contributed by atoms with van der Waals surface area (Å²) in [7, 11) is 1.75. The number of amides is 1. The Bertz CT molecular complexity index is 992. The quantitative estimate of drug-likeness (QED) is 0.767. The SMILES string of the molecule is Cn1c(C(=O)N2CC(F)(F)C2)cc2c1CN(c1nc(Cl)nc(CC#N)n1)CC2. The van der Waals surface area contributed by atoms with Crippen LogP contribution in [0.15, 0.2) is 6.07 Å². The lowest BCUT2D eigenvalue weighted by Crippen LogP contribution is -2.58. The third kappa shape index (κ3) is 3.26. The monoisotopic (exact) mass is 407 g/mol. The molecule has 2 aliphatic rings. The summed E-state index contributed by atoms with van der Waals surface area (Å²) in [6, 6.07) is 3.75. The summed E-state index contributed by atoms with van der Waals surface area (Å²) >= 11 is 5.95. The van der Waals surface area contributed by atoms with Crippen LogP contribution >= 0.6 is 11.6 Å².